The monoisotopic (exact) mass is 294 g/mol. The van der Waals surface area contributed by atoms with E-state index in [1.165, 1.54) is 11.1 Å². The van der Waals surface area contributed by atoms with Crippen molar-refractivity contribution < 1.29 is 8.42 Å². The Labute approximate surface area is 121 Å². The number of hydrogen-bond donors (Lipinski definition) is 2. The molecule has 20 heavy (non-hydrogen) atoms. The Kier molecular flexibility index (Phi) is 4.10. The van der Waals surface area contributed by atoms with Crippen LogP contribution < -0.4 is 10.0 Å². The van der Waals surface area contributed by atoms with E-state index in [0.29, 0.717) is 0 Å². The SMILES string of the molecule is O=S(=O)(CC1CCCCN1)NC1Cc2ccccc2C1. The van der Waals surface area contributed by atoms with Crippen molar-refractivity contribution in [3.8, 4) is 0 Å². The summed E-state index contributed by atoms with van der Waals surface area (Å²) in [6.07, 6.45) is 4.87. The van der Waals surface area contributed by atoms with Gasteiger partial charge in [-0.2, -0.15) is 0 Å². The molecule has 2 aliphatic rings. The second kappa shape index (κ2) is 5.84. The molecule has 1 saturated heterocycles. The number of rotatable bonds is 4. The number of piperidine rings is 1. The van der Waals surface area contributed by atoms with Crippen LogP contribution in [0.2, 0.25) is 0 Å². The van der Waals surface area contributed by atoms with Crippen molar-refractivity contribution in [3.05, 3.63) is 35.4 Å². The number of benzene rings is 1. The van der Waals surface area contributed by atoms with Gasteiger partial charge in [-0.1, -0.05) is 30.7 Å². The summed E-state index contributed by atoms with van der Waals surface area (Å²) in [7, 11) is -3.19. The average molecular weight is 294 g/mol. The molecule has 1 fully saturated rings. The fraction of sp³-hybridized carbons (Fsp3) is 0.600. The minimum Gasteiger partial charge on any atom is -0.313 e. The third-order valence-corrected chi connectivity index (χ3v) is 5.76. The van der Waals surface area contributed by atoms with E-state index < -0.39 is 10.0 Å². The third kappa shape index (κ3) is 3.40. The van der Waals surface area contributed by atoms with Crippen LogP contribution in [-0.2, 0) is 22.9 Å². The summed E-state index contributed by atoms with van der Waals surface area (Å²) in [6.45, 7) is 0.940. The molecule has 1 heterocycles. The van der Waals surface area contributed by atoms with Gasteiger partial charge >= 0.3 is 0 Å². The molecular formula is C15H22N2O2S. The number of sulfonamides is 1. The first kappa shape index (κ1) is 14.0. The van der Waals surface area contributed by atoms with Gasteiger partial charge in [0.1, 0.15) is 0 Å². The van der Waals surface area contributed by atoms with Gasteiger partial charge in [-0.25, -0.2) is 13.1 Å². The van der Waals surface area contributed by atoms with Gasteiger partial charge in [-0.15, -0.1) is 0 Å². The summed E-state index contributed by atoms with van der Waals surface area (Å²) in [5.41, 5.74) is 2.55. The quantitative estimate of drug-likeness (QED) is 0.878. The van der Waals surface area contributed by atoms with Crippen LogP contribution in [0.3, 0.4) is 0 Å². The first-order valence-electron chi connectivity index (χ1n) is 7.42. The molecule has 1 aromatic rings. The maximum absolute atomic E-state index is 12.3. The second-order valence-electron chi connectivity index (χ2n) is 5.92. The van der Waals surface area contributed by atoms with Gasteiger partial charge in [0.2, 0.25) is 10.0 Å². The average Bonchev–Trinajstić information content (AvgIpc) is 2.80. The van der Waals surface area contributed by atoms with E-state index in [0.717, 1.165) is 38.6 Å². The highest BCUT2D eigenvalue weighted by molar-refractivity contribution is 7.89. The molecule has 1 aliphatic heterocycles. The predicted molar refractivity (Wildman–Crippen MR) is 80.2 cm³/mol. The topological polar surface area (TPSA) is 58.2 Å². The van der Waals surface area contributed by atoms with Crippen molar-refractivity contribution >= 4 is 10.0 Å². The molecule has 0 bridgehead atoms. The summed E-state index contributed by atoms with van der Waals surface area (Å²) in [5, 5.41) is 3.30. The molecule has 1 atom stereocenters. The summed E-state index contributed by atoms with van der Waals surface area (Å²) in [4.78, 5) is 0. The van der Waals surface area contributed by atoms with E-state index in [-0.39, 0.29) is 17.8 Å². The smallest absolute Gasteiger partial charge is 0.213 e. The lowest BCUT2D eigenvalue weighted by Crippen LogP contribution is -2.45. The van der Waals surface area contributed by atoms with Crippen molar-refractivity contribution in [2.24, 2.45) is 0 Å². The molecule has 1 aliphatic carbocycles. The van der Waals surface area contributed by atoms with E-state index in [2.05, 4.69) is 22.2 Å². The molecule has 1 aromatic carbocycles. The van der Waals surface area contributed by atoms with Gasteiger partial charge in [0.05, 0.1) is 5.75 Å². The molecule has 0 radical (unpaired) electrons. The Morgan fingerprint density at radius 3 is 2.45 bits per heavy atom. The maximum Gasteiger partial charge on any atom is 0.213 e. The molecule has 5 heteroatoms. The molecule has 0 saturated carbocycles. The van der Waals surface area contributed by atoms with Crippen LogP contribution in [0.1, 0.15) is 30.4 Å². The lowest BCUT2D eigenvalue weighted by atomic mass is 10.1. The van der Waals surface area contributed by atoms with Crippen LogP contribution in [0, 0.1) is 0 Å². The van der Waals surface area contributed by atoms with Gasteiger partial charge < -0.3 is 5.32 Å². The molecule has 110 valence electrons. The summed E-state index contributed by atoms with van der Waals surface area (Å²) in [6, 6.07) is 8.35. The van der Waals surface area contributed by atoms with E-state index in [4.69, 9.17) is 0 Å². The molecule has 3 rings (SSSR count). The van der Waals surface area contributed by atoms with Crippen molar-refractivity contribution in [2.75, 3.05) is 12.3 Å². The number of nitrogens with one attached hydrogen (secondary N) is 2. The summed E-state index contributed by atoms with van der Waals surface area (Å²) >= 11 is 0. The van der Waals surface area contributed by atoms with Crippen molar-refractivity contribution in [2.45, 2.75) is 44.2 Å². The number of fused-ring (bicyclic) bond motifs is 1. The van der Waals surface area contributed by atoms with Crippen LogP contribution in [0.25, 0.3) is 0 Å². The van der Waals surface area contributed by atoms with Crippen LogP contribution in [0.15, 0.2) is 24.3 Å². The zero-order valence-electron chi connectivity index (χ0n) is 11.6. The molecule has 0 amide bonds. The van der Waals surface area contributed by atoms with Crippen molar-refractivity contribution in [1.29, 1.82) is 0 Å². The molecule has 1 unspecified atom stereocenters. The first-order valence-corrected chi connectivity index (χ1v) is 9.08. The normalized spacial score (nSPS) is 23.7. The second-order valence-corrected chi connectivity index (χ2v) is 7.72. The molecular weight excluding hydrogens is 272 g/mol. The third-order valence-electron chi connectivity index (χ3n) is 4.23. The van der Waals surface area contributed by atoms with Gasteiger partial charge in [0, 0.05) is 12.1 Å². The van der Waals surface area contributed by atoms with E-state index in [9.17, 15) is 8.42 Å². The van der Waals surface area contributed by atoms with Crippen molar-refractivity contribution in [3.63, 3.8) is 0 Å². The largest absolute Gasteiger partial charge is 0.313 e. The highest BCUT2D eigenvalue weighted by atomic mass is 32.2. The van der Waals surface area contributed by atoms with Crippen LogP contribution in [0.5, 0.6) is 0 Å². The molecule has 0 aromatic heterocycles. The van der Waals surface area contributed by atoms with Gasteiger partial charge in [0.25, 0.3) is 0 Å². The predicted octanol–water partition coefficient (Wildman–Crippen LogP) is 1.22. The zero-order valence-corrected chi connectivity index (χ0v) is 12.5. The van der Waals surface area contributed by atoms with Crippen molar-refractivity contribution in [1.82, 2.24) is 10.0 Å². The van der Waals surface area contributed by atoms with E-state index in [1.807, 2.05) is 12.1 Å². The van der Waals surface area contributed by atoms with E-state index >= 15 is 0 Å². The number of hydrogen-bond acceptors (Lipinski definition) is 3. The Balaban J connectivity index is 1.58. The van der Waals surface area contributed by atoms with Crippen LogP contribution >= 0.6 is 0 Å². The zero-order chi connectivity index (χ0) is 14.0. The minimum absolute atomic E-state index is 0.0287. The minimum atomic E-state index is -3.19. The van der Waals surface area contributed by atoms with Crippen LogP contribution in [0.4, 0.5) is 0 Å². The Bertz CT molecular complexity index is 540. The van der Waals surface area contributed by atoms with Gasteiger partial charge in [0.15, 0.2) is 0 Å². The fourth-order valence-corrected chi connectivity index (χ4v) is 4.86. The lowest BCUT2D eigenvalue weighted by Gasteiger charge is -2.24. The Morgan fingerprint density at radius 1 is 1.15 bits per heavy atom. The highest BCUT2D eigenvalue weighted by Crippen LogP contribution is 2.22. The first-order chi connectivity index (χ1) is 9.62. The van der Waals surface area contributed by atoms with Crippen LogP contribution in [-0.4, -0.2) is 32.8 Å². The molecule has 2 N–H and O–H groups in total. The molecule has 0 spiro atoms. The molecule has 4 nitrogen and oxygen atoms in total. The summed E-state index contributed by atoms with van der Waals surface area (Å²) < 4.78 is 27.4. The van der Waals surface area contributed by atoms with Gasteiger partial charge in [-0.05, 0) is 43.4 Å². The Morgan fingerprint density at radius 2 is 1.85 bits per heavy atom. The lowest BCUT2D eigenvalue weighted by molar-refractivity contribution is 0.421. The highest BCUT2D eigenvalue weighted by Gasteiger charge is 2.27. The Hall–Kier alpha value is -0.910. The fourth-order valence-electron chi connectivity index (χ4n) is 3.28. The standard InChI is InChI=1S/C15H22N2O2S/c18-20(19,11-14-7-3-4-8-16-14)17-15-9-12-5-1-2-6-13(12)10-15/h1-2,5-6,14-17H,3-4,7-11H2. The maximum atomic E-state index is 12.3. The summed E-state index contributed by atoms with van der Waals surface area (Å²) in [5.74, 6) is 0.208. The van der Waals surface area contributed by atoms with Gasteiger partial charge in [-0.3, -0.25) is 0 Å². The van der Waals surface area contributed by atoms with E-state index in [1.54, 1.807) is 0 Å².